The van der Waals surface area contributed by atoms with E-state index in [-0.39, 0.29) is 0 Å². The van der Waals surface area contributed by atoms with E-state index in [4.69, 9.17) is 5.11 Å². The van der Waals surface area contributed by atoms with E-state index >= 15 is 0 Å². The number of carbonyl (C=O) groups is 1. The topological polar surface area (TPSA) is 50.2 Å². The van der Waals surface area contributed by atoms with Crippen LogP contribution in [0.15, 0.2) is 12.3 Å². The third-order valence-electron chi connectivity index (χ3n) is 2.55. The first-order valence-electron chi connectivity index (χ1n) is 5.16. The summed E-state index contributed by atoms with van der Waals surface area (Å²) in [5, 5.41) is 8.67. The predicted octanol–water partition coefficient (Wildman–Crippen LogP) is 3.28. The maximum Gasteiger partial charge on any atom is 0.338 e. The molecule has 0 bridgehead atoms. The number of aromatic nitrogens is 1. The summed E-state index contributed by atoms with van der Waals surface area (Å²) in [6.45, 7) is 0. The third-order valence-corrected chi connectivity index (χ3v) is 2.55. The van der Waals surface area contributed by atoms with Crippen LogP contribution < -0.4 is 0 Å². The molecule has 0 unspecified atom stereocenters. The molecule has 0 saturated heterocycles. The minimum absolute atomic E-state index is 0.302. The molecule has 0 spiro atoms. The van der Waals surface area contributed by atoms with Crippen molar-refractivity contribution in [3.8, 4) is 11.3 Å². The molecule has 110 valence electrons. The number of hydrogen-bond donors (Lipinski definition) is 1. The average molecular weight is 307 g/mol. The fourth-order valence-corrected chi connectivity index (χ4v) is 1.57. The Labute approximate surface area is 112 Å². The summed E-state index contributed by atoms with van der Waals surface area (Å²) in [6.07, 6.45) is 0.302. The van der Waals surface area contributed by atoms with Crippen molar-refractivity contribution in [2.45, 2.75) is 0 Å². The lowest BCUT2D eigenvalue weighted by Crippen LogP contribution is -2.07. The smallest absolute Gasteiger partial charge is 0.338 e. The molecule has 3 nitrogen and oxygen atoms in total. The van der Waals surface area contributed by atoms with E-state index in [9.17, 15) is 31.1 Å². The first-order chi connectivity index (χ1) is 9.75. The van der Waals surface area contributed by atoms with Crippen LogP contribution in [0.25, 0.3) is 11.3 Å². The zero-order valence-corrected chi connectivity index (χ0v) is 9.73. The predicted molar refractivity (Wildman–Crippen MR) is 56.4 cm³/mol. The van der Waals surface area contributed by atoms with Crippen molar-refractivity contribution in [2.75, 3.05) is 0 Å². The molecule has 2 rings (SSSR count). The van der Waals surface area contributed by atoms with E-state index in [0.29, 0.717) is 12.3 Å². The fourth-order valence-electron chi connectivity index (χ4n) is 1.57. The van der Waals surface area contributed by atoms with Crippen molar-refractivity contribution in [1.29, 1.82) is 0 Å². The zero-order valence-electron chi connectivity index (χ0n) is 9.73. The van der Waals surface area contributed by atoms with Crippen molar-refractivity contribution < 1.29 is 36.2 Å². The Morgan fingerprint density at radius 3 is 1.86 bits per heavy atom. The van der Waals surface area contributed by atoms with Gasteiger partial charge in [0.2, 0.25) is 5.82 Å². The van der Waals surface area contributed by atoms with E-state index in [1.54, 1.807) is 0 Å². The summed E-state index contributed by atoms with van der Waals surface area (Å²) in [5.74, 6) is -14.3. The SMILES string of the molecule is O=C(O)c1cc(-c2c(F)c(F)c(F)c(F)c2F)ncc1F. The average Bonchev–Trinajstić information content (AvgIpc) is 2.44. The van der Waals surface area contributed by atoms with Gasteiger partial charge in [-0.3, -0.25) is 4.98 Å². The van der Waals surface area contributed by atoms with Gasteiger partial charge in [-0.2, -0.15) is 0 Å². The number of pyridine rings is 1. The second-order valence-corrected chi connectivity index (χ2v) is 3.80. The van der Waals surface area contributed by atoms with Gasteiger partial charge >= 0.3 is 5.97 Å². The maximum absolute atomic E-state index is 13.5. The molecule has 0 aliphatic heterocycles. The molecule has 0 amide bonds. The second-order valence-electron chi connectivity index (χ2n) is 3.80. The maximum atomic E-state index is 13.5. The number of aromatic carboxylic acids is 1. The highest BCUT2D eigenvalue weighted by atomic mass is 19.2. The van der Waals surface area contributed by atoms with Gasteiger partial charge in [-0.25, -0.2) is 31.1 Å². The summed E-state index contributed by atoms with van der Waals surface area (Å²) in [4.78, 5) is 13.9. The van der Waals surface area contributed by atoms with Gasteiger partial charge in [-0.1, -0.05) is 0 Å². The van der Waals surface area contributed by atoms with Gasteiger partial charge in [0.05, 0.1) is 23.0 Å². The summed E-state index contributed by atoms with van der Waals surface area (Å²) >= 11 is 0. The number of halogens is 6. The number of carboxylic acid groups (broad SMARTS) is 1. The van der Waals surface area contributed by atoms with Gasteiger partial charge in [0.25, 0.3) is 0 Å². The Morgan fingerprint density at radius 1 is 0.905 bits per heavy atom. The molecule has 1 aromatic heterocycles. The van der Waals surface area contributed by atoms with Gasteiger partial charge in [0.1, 0.15) is 0 Å². The van der Waals surface area contributed by atoms with Gasteiger partial charge < -0.3 is 5.11 Å². The van der Waals surface area contributed by atoms with Crippen molar-refractivity contribution >= 4 is 5.97 Å². The molecule has 0 radical (unpaired) electrons. The van der Waals surface area contributed by atoms with E-state index in [1.165, 1.54) is 0 Å². The Bertz CT molecular complexity index is 733. The first kappa shape index (κ1) is 14.8. The first-order valence-corrected chi connectivity index (χ1v) is 5.16. The Hall–Kier alpha value is -2.58. The molecule has 21 heavy (non-hydrogen) atoms. The van der Waals surface area contributed by atoms with Crippen LogP contribution in [0, 0.1) is 34.9 Å². The Morgan fingerprint density at radius 2 is 1.38 bits per heavy atom. The standard InChI is InChI=1S/C12H3F6NO2/c13-4-2-19-5(1-3(4)12(20)21)6-7(14)9(16)11(18)10(17)8(6)15/h1-2H,(H,20,21). The number of hydrogen-bond acceptors (Lipinski definition) is 2. The second kappa shape index (κ2) is 5.08. The summed E-state index contributed by atoms with van der Waals surface area (Å²) < 4.78 is 79.1. The van der Waals surface area contributed by atoms with Crippen molar-refractivity contribution in [3.63, 3.8) is 0 Å². The van der Waals surface area contributed by atoms with E-state index in [1.807, 2.05) is 0 Å². The minimum Gasteiger partial charge on any atom is -0.478 e. The molecule has 1 heterocycles. The van der Waals surface area contributed by atoms with E-state index < -0.39 is 57.7 Å². The monoisotopic (exact) mass is 307 g/mol. The highest BCUT2D eigenvalue weighted by Gasteiger charge is 2.28. The lowest BCUT2D eigenvalue weighted by molar-refractivity contribution is 0.0691. The van der Waals surface area contributed by atoms with Crippen molar-refractivity contribution in [2.24, 2.45) is 0 Å². The summed E-state index contributed by atoms with van der Waals surface area (Å²) in [5.41, 5.74) is -3.36. The highest BCUT2D eigenvalue weighted by Crippen LogP contribution is 2.31. The normalized spacial score (nSPS) is 10.8. The molecule has 9 heteroatoms. The largest absolute Gasteiger partial charge is 0.478 e. The lowest BCUT2D eigenvalue weighted by Gasteiger charge is -2.08. The van der Waals surface area contributed by atoms with Crippen molar-refractivity contribution in [1.82, 2.24) is 4.98 Å². The van der Waals surface area contributed by atoms with E-state index in [0.717, 1.165) is 0 Å². The molecule has 1 N–H and O–H groups in total. The number of rotatable bonds is 2. The molecule has 0 fully saturated rings. The molecule has 0 aliphatic carbocycles. The number of carboxylic acids is 1. The molecule has 2 aromatic rings. The molecular weight excluding hydrogens is 304 g/mol. The van der Waals surface area contributed by atoms with Crippen LogP contribution in [0.2, 0.25) is 0 Å². The minimum atomic E-state index is -2.37. The molecule has 1 aromatic carbocycles. The number of benzene rings is 1. The molecular formula is C12H3F6NO2. The lowest BCUT2D eigenvalue weighted by atomic mass is 10.1. The van der Waals surface area contributed by atoms with Crippen LogP contribution in [0.1, 0.15) is 10.4 Å². The quantitative estimate of drug-likeness (QED) is 0.526. The van der Waals surface area contributed by atoms with Crippen LogP contribution in [0.5, 0.6) is 0 Å². The van der Waals surface area contributed by atoms with Crippen molar-refractivity contribution in [3.05, 3.63) is 52.7 Å². The summed E-state index contributed by atoms with van der Waals surface area (Å²) in [6, 6.07) is 0.371. The zero-order chi connectivity index (χ0) is 15.9. The van der Waals surface area contributed by atoms with Gasteiger partial charge in [0.15, 0.2) is 29.1 Å². The molecule has 0 atom stereocenters. The van der Waals surface area contributed by atoms with Crippen LogP contribution in [-0.4, -0.2) is 16.1 Å². The van der Waals surface area contributed by atoms with Crippen LogP contribution in [-0.2, 0) is 0 Å². The Kier molecular flexibility index (Phi) is 3.58. The number of nitrogens with zero attached hydrogens (tertiary/aromatic N) is 1. The Balaban J connectivity index is 2.80. The molecule has 0 aliphatic rings. The van der Waals surface area contributed by atoms with Crippen LogP contribution in [0.3, 0.4) is 0 Å². The molecule has 0 saturated carbocycles. The highest BCUT2D eigenvalue weighted by molar-refractivity contribution is 5.89. The van der Waals surface area contributed by atoms with Gasteiger partial charge in [0, 0.05) is 0 Å². The summed E-state index contributed by atoms with van der Waals surface area (Å²) in [7, 11) is 0. The van der Waals surface area contributed by atoms with Crippen LogP contribution in [0.4, 0.5) is 26.3 Å². The fraction of sp³-hybridized carbons (Fsp3) is 0. The van der Waals surface area contributed by atoms with Gasteiger partial charge in [-0.05, 0) is 6.07 Å². The van der Waals surface area contributed by atoms with Crippen LogP contribution >= 0.6 is 0 Å². The van der Waals surface area contributed by atoms with E-state index in [2.05, 4.69) is 4.98 Å². The third kappa shape index (κ3) is 2.30. The van der Waals surface area contributed by atoms with Gasteiger partial charge in [-0.15, -0.1) is 0 Å².